The van der Waals surface area contributed by atoms with Crippen LogP contribution in [-0.2, 0) is 0 Å². The number of hydrogen-bond acceptors (Lipinski definition) is 2. The van der Waals surface area contributed by atoms with Gasteiger partial charge in [0.1, 0.15) is 11.3 Å². The van der Waals surface area contributed by atoms with Crippen LogP contribution in [0.2, 0.25) is 0 Å². The first-order valence-corrected chi connectivity index (χ1v) is 15.4. The molecular formula is C43H31NO. The van der Waals surface area contributed by atoms with Gasteiger partial charge >= 0.3 is 0 Å². The van der Waals surface area contributed by atoms with Crippen molar-refractivity contribution in [3.63, 3.8) is 0 Å². The highest BCUT2D eigenvalue weighted by molar-refractivity contribution is 5.97. The zero-order chi connectivity index (χ0) is 30.2. The molecule has 214 valence electrons. The van der Waals surface area contributed by atoms with Crippen LogP contribution in [0.4, 0.5) is 17.1 Å². The molecule has 0 fully saturated rings. The summed E-state index contributed by atoms with van der Waals surface area (Å²) >= 11 is 0. The predicted molar refractivity (Wildman–Crippen MR) is 189 cm³/mol. The fraction of sp³-hybridized carbons (Fsp3) is 0.0233. The van der Waals surface area contributed by atoms with Gasteiger partial charge in [-0.25, -0.2) is 0 Å². The van der Waals surface area contributed by atoms with Crippen LogP contribution in [0.5, 0.6) is 0 Å². The molecule has 8 rings (SSSR count). The number of fused-ring (bicyclic) bond motifs is 2. The number of anilines is 3. The molecule has 0 saturated carbocycles. The first-order valence-electron chi connectivity index (χ1n) is 15.4. The second kappa shape index (κ2) is 11.3. The Balaban J connectivity index is 1.14. The maximum atomic E-state index is 6.33. The molecule has 1 heterocycles. The lowest BCUT2D eigenvalue weighted by Crippen LogP contribution is -2.09. The van der Waals surface area contributed by atoms with E-state index in [0.29, 0.717) is 0 Å². The van der Waals surface area contributed by atoms with Crippen LogP contribution < -0.4 is 4.90 Å². The fourth-order valence-corrected chi connectivity index (χ4v) is 6.38. The summed E-state index contributed by atoms with van der Waals surface area (Å²) < 4.78 is 6.33. The van der Waals surface area contributed by atoms with Crippen molar-refractivity contribution in [1.29, 1.82) is 0 Å². The van der Waals surface area contributed by atoms with E-state index in [0.717, 1.165) is 44.9 Å². The van der Waals surface area contributed by atoms with Gasteiger partial charge in [-0.15, -0.1) is 0 Å². The molecule has 2 heteroatoms. The van der Waals surface area contributed by atoms with Crippen LogP contribution in [0.3, 0.4) is 0 Å². The number of rotatable bonds is 6. The van der Waals surface area contributed by atoms with Gasteiger partial charge in [-0.1, -0.05) is 127 Å². The van der Waals surface area contributed by atoms with Crippen molar-refractivity contribution >= 4 is 38.8 Å². The number of aryl methyl sites for hydroxylation is 1. The zero-order valence-electron chi connectivity index (χ0n) is 25.0. The normalized spacial score (nSPS) is 11.2. The van der Waals surface area contributed by atoms with E-state index >= 15 is 0 Å². The average Bonchev–Trinajstić information content (AvgIpc) is 3.45. The van der Waals surface area contributed by atoms with E-state index in [1.165, 1.54) is 33.0 Å². The van der Waals surface area contributed by atoms with E-state index in [2.05, 4.69) is 170 Å². The van der Waals surface area contributed by atoms with Crippen molar-refractivity contribution in [3.05, 3.63) is 175 Å². The molecule has 0 aliphatic rings. The highest BCUT2D eigenvalue weighted by Crippen LogP contribution is 2.40. The Labute approximate surface area is 263 Å². The highest BCUT2D eigenvalue weighted by Gasteiger charge is 2.17. The quantitative estimate of drug-likeness (QED) is 0.195. The number of hydrogen-bond donors (Lipinski definition) is 0. The summed E-state index contributed by atoms with van der Waals surface area (Å²) in [5.74, 6) is 0.911. The summed E-state index contributed by atoms with van der Waals surface area (Å²) in [4.78, 5) is 2.30. The molecule has 7 aromatic carbocycles. The highest BCUT2D eigenvalue weighted by atomic mass is 16.3. The molecule has 0 radical (unpaired) electrons. The Morgan fingerprint density at radius 3 is 1.78 bits per heavy atom. The largest absolute Gasteiger partial charge is 0.456 e. The van der Waals surface area contributed by atoms with Crippen molar-refractivity contribution < 1.29 is 4.42 Å². The Bertz CT molecular complexity index is 2260. The van der Waals surface area contributed by atoms with E-state index < -0.39 is 0 Å². The molecule has 0 amide bonds. The summed E-state index contributed by atoms with van der Waals surface area (Å²) in [6, 6.07) is 60.2. The van der Waals surface area contributed by atoms with E-state index in [4.69, 9.17) is 4.42 Å². The van der Waals surface area contributed by atoms with Gasteiger partial charge in [0.15, 0.2) is 0 Å². The topological polar surface area (TPSA) is 16.4 Å². The van der Waals surface area contributed by atoms with Gasteiger partial charge in [0.05, 0.1) is 0 Å². The van der Waals surface area contributed by atoms with Crippen LogP contribution >= 0.6 is 0 Å². The number of nitrogens with zero attached hydrogens (tertiary/aromatic N) is 1. The van der Waals surface area contributed by atoms with Crippen LogP contribution in [0.15, 0.2) is 174 Å². The third-order valence-electron chi connectivity index (χ3n) is 8.67. The van der Waals surface area contributed by atoms with Crippen molar-refractivity contribution in [2.75, 3.05) is 4.90 Å². The molecule has 0 N–H and O–H groups in total. The summed E-state index contributed by atoms with van der Waals surface area (Å²) in [6.45, 7) is 2.14. The van der Waals surface area contributed by atoms with Crippen molar-refractivity contribution in [2.24, 2.45) is 0 Å². The monoisotopic (exact) mass is 577 g/mol. The summed E-state index contributed by atoms with van der Waals surface area (Å²) in [5.41, 5.74) is 11.3. The first-order chi connectivity index (χ1) is 22.2. The Hall–Kier alpha value is -5.86. The minimum atomic E-state index is 0.911. The Morgan fingerprint density at radius 1 is 0.422 bits per heavy atom. The molecule has 45 heavy (non-hydrogen) atoms. The van der Waals surface area contributed by atoms with Gasteiger partial charge < -0.3 is 9.32 Å². The summed E-state index contributed by atoms with van der Waals surface area (Å²) in [6.07, 6.45) is 0. The molecule has 2 nitrogen and oxygen atoms in total. The van der Waals surface area contributed by atoms with Gasteiger partial charge in [-0.3, -0.25) is 0 Å². The van der Waals surface area contributed by atoms with Gasteiger partial charge in [0.25, 0.3) is 0 Å². The average molecular weight is 578 g/mol. The van der Waals surface area contributed by atoms with Gasteiger partial charge in [0, 0.05) is 33.6 Å². The SMILES string of the molecule is Cc1c(-c2cccc(N(c3ccccc3)c3ccc(-c4ccc(-c5cccc6ccccc56)cc4)cc3)c2)oc2ccccc12. The van der Waals surface area contributed by atoms with Crippen LogP contribution in [0.25, 0.3) is 55.3 Å². The zero-order valence-corrected chi connectivity index (χ0v) is 25.0. The lowest BCUT2D eigenvalue weighted by atomic mass is 9.96. The molecule has 0 spiro atoms. The third-order valence-corrected chi connectivity index (χ3v) is 8.67. The molecule has 1 aromatic heterocycles. The van der Waals surface area contributed by atoms with Crippen molar-refractivity contribution in [2.45, 2.75) is 6.92 Å². The van der Waals surface area contributed by atoms with E-state index in [9.17, 15) is 0 Å². The minimum Gasteiger partial charge on any atom is -0.456 e. The molecule has 0 atom stereocenters. The van der Waals surface area contributed by atoms with E-state index in [1.807, 2.05) is 12.1 Å². The number of para-hydroxylation sites is 2. The molecule has 0 aliphatic carbocycles. The lowest BCUT2D eigenvalue weighted by molar-refractivity contribution is 0.629. The second-order valence-corrected chi connectivity index (χ2v) is 11.4. The van der Waals surface area contributed by atoms with Crippen molar-refractivity contribution in [3.8, 4) is 33.6 Å². The molecule has 8 aromatic rings. The second-order valence-electron chi connectivity index (χ2n) is 11.4. The standard InChI is InChI=1S/C43H31NO/c1-30-39-17-7-8-20-42(39)45-43(30)35-13-9-16-38(29-35)44(36-14-3-2-4-15-36)37-27-25-32(26-28-37)31-21-23-34(24-22-31)41-19-10-12-33-11-5-6-18-40(33)41/h2-29H,1H3. The van der Waals surface area contributed by atoms with Gasteiger partial charge in [-0.05, 0) is 82.4 Å². The van der Waals surface area contributed by atoms with Gasteiger partial charge in [0.2, 0.25) is 0 Å². The first kappa shape index (κ1) is 26.7. The molecule has 0 aliphatic heterocycles. The van der Waals surface area contributed by atoms with Crippen LogP contribution in [-0.4, -0.2) is 0 Å². The molecule has 0 bridgehead atoms. The van der Waals surface area contributed by atoms with E-state index in [-0.39, 0.29) is 0 Å². The van der Waals surface area contributed by atoms with Crippen LogP contribution in [0.1, 0.15) is 5.56 Å². The van der Waals surface area contributed by atoms with Crippen LogP contribution in [0, 0.1) is 6.92 Å². The number of furan rings is 1. The maximum absolute atomic E-state index is 6.33. The fourth-order valence-electron chi connectivity index (χ4n) is 6.38. The summed E-state index contributed by atoms with van der Waals surface area (Å²) in [5, 5.41) is 3.69. The molecule has 0 saturated heterocycles. The van der Waals surface area contributed by atoms with Gasteiger partial charge in [-0.2, -0.15) is 0 Å². The van der Waals surface area contributed by atoms with Crippen molar-refractivity contribution in [1.82, 2.24) is 0 Å². The summed E-state index contributed by atoms with van der Waals surface area (Å²) in [7, 11) is 0. The maximum Gasteiger partial charge on any atom is 0.138 e. The third kappa shape index (κ3) is 4.97. The lowest BCUT2D eigenvalue weighted by Gasteiger charge is -2.26. The number of benzene rings is 7. The van der Waals surface area contributed by atoms with E-state index in [1.54, 1.807) is 0 Å². The predicted octanol–water partition coefficient (Wildman–Crippen LogP) is 12.4. The Morgan fingerprint density at radius 2 is 1.00 bits per heavy atom. The molecule has 0 unspecified atom stereocenters. The molecular weight excluding hydrogens is 546 g/mol. The smallest absolute Gasteiger partial charge is 0.138 e. The minimum absolute atomic E-state index is 0.911. The Kier molecular flexibility index (Phi) is 6.73.